The molecule has 5 rings (SSSR count). The first-order valence-electron chi connectivity index (χ1n) is 7.95. The monoisotopic (exact) mass is 297 g/mol. The summed E-state index contributed by atoms with van der Waals surface area (Å²) in [6.07, 6.45) is 4.29. The van der Waals surface area contributed by atoms with E-state index in [1.807, 2.05) is 0 Å². The Balaban J connectivity index is 2.23. The van der Waals surface area contributed by atoms with Crippen LogP contribution in [0.5, 0.6) is 0 Å². The van der Waals surface area contributed by atoms with Crippen molar-refractivity contribution in [2.45, 2.75) is 6.92 Å². The Morgan fingerprint density at radius 2 is 1.61 bits per heavy atom. The molecule has 2 nitrogen and oxygen atoms in total. The molecular weight excluding hydrogens is 280 g/mol. The fraction of sp³-hybridized carbons (Fsp3) is 0.0952. The number of hydrogen-bond acceptors (Lipinski definition) is 0. The van der Waals surface area contributed by atoms with Crippen LogP contribution in [0.1, 0.15) is 5.56 Å². The molecule has 0 radical (unpaired) electrons. The van der Waals surface area contributed by atoms with E-state index in [1.54, 1.807) is 0 Å². The number of aryl methyl sites for hydroxylation is 2. The van der Waals surface area contributed by atoms with Gasteiger partial charge in [-0.3, -0.25) is 0 Å². The second-order valence-corrected chi connectivity index (χ2v) is 6.27. The molecule has 0 spiro atoms. The van der Waals surface area contributed by atoms with Crippen molar-refractivity contribution in [2.24, 2.45) is 7.05 Å². The summed E-state index contributed by atoms with van der Waals surface area (Å²) < 4.78 is 4.52. The molecule has 0 saturated carbocycles. The normalized spacial score (nSPS) is 11.9. The van der Waals surface area contributed by atoms with Crippen LogP contribution in [0, 0.1) is 6.92 Å². The zero-order valence-electron chi connectivity index (χ0n) is 13.2. The molecule has 0 amide bonds. The predicted octanol–water partition coefficient (Wildman–Crippen LogP) is 4.53. The Hall–Kier alpha value is -2.87. The van der Waals surface area contributed by atoms with Crippen LogP contribution in [0.25, 0.3) is 38.1 Å². The van der Waals surface area contributed by atoms with Crippen LogP contribution in [0.15, 0.2) is 67.0 Å². The molecule has 0 aliphatic rings. The maximum Gasteiger partial charge on any atom is 0.294 e. The zero-order chi connectivity index (χ0) is 15.6. The number of benzene rings is 3. The van der Waals surface area contributed by atoms with Gasteiger partial charge in [0.15, 0.2) is 0 Å². The number of imidazole rings is 1. The van der Waals surface area contributed by atoms with Crippen molar-refractivity contribution in [3.05, 3.63) is 72.6 Å². The molecule has 2 heteroatoms. The van der Waals surface area contributed by atoms with Crippen molar-refractivity contribution in [3.8, 4) is 0 Å². The minimum atomic E-state index is 1.25. The van der Waals surface area contributed by atoms with Crippen molar-refractivity contribution in [1.29, 1.82) is 0 Å². The highest BCUT2D eigenvalue weighted by Crippen LogP contribution is 2.34. The highest BCUT2D eigenvalue weighted by Gasteiger charge is 2.19. The highest BCUT2D eigenvalue weighted by molar-refractivity contribution is 6.17. The van der Waals surface area contributed by atoms with Gasteiger partial charge in [0.1, 0.15) is 17.9 Å². The number of pyridine rings is 1. The third kappa shape index (κ3) is 1.55. The van der Waals surface area contributed by atoms with E-state index in [-0.39, 0.29) is 0 Å². The lowest BCUT2D eigenvalue weighted by Gasteiger charge is -2.10. The molecule has 0 unspecified atom stereocenters. The van der Waals surface area contributed by atoms with E-state index >= 15 is 0 Å². The van der Waals surface area contributed by atoms with Gasteiger partial charge in [0, 0.05) is 10.8 Å². The first-order chi connectivity index (χ1) is 11.3. The van der Waals surface area contributed by atoms with Gasteiger partial charge in [-0.15, -0.1) is 0 Å². The lowest BCUT2D eigenvalue weighted by Crippen LogP contribution is -2.26. The number of fused-ring (bicyclic) bond motifs is 7. The van der Waals surface area contributed by atoms with Gasteiger partial charge in [0.25, 0.3) is 5.65 Å². The van der Waals surface area contributed by atoms with E-state index in [9.17, 15) is 0 Å². The SMILES string of the molecule is Cc1c2ccccc2cc2c3ccccc3n3cc[n+](C)c3c12. The van der Waals surface area contributed by atoms with Crippen LogP contribution in [0.3, 0.4) is 0 Å². The summed E-state index contributed by atoms with van der Waals surface area (Å²) in [5, 5.41) is 6.62. The summed E-state index contributed by atoms with van der Waals surface area (Å²) in [7, 11) is 2.12. The van der Waals surface area contributed by atoms with Gasteiger partial charge in [-0.2, -0.15) is 4.40 Å². The van der Waals surface area contributed by atoms with Crippen molar-refractivity contribution < 1.29 is 4.57 Å². The molecule has 0 aliphatic carbocycles. The minimum absolute atomic E-state index is 1.25. The van der Waals surface area contributed by atoms with E-state index in [0.29, 0.717) is 0 Å². The summed E-state index contributed by atoms with van der Waals surface area (Å²) in [6, 6.07) is 19.7. The Kier molecular flexibility index (Phi) is 2.38. The second kappa shape index (κ2) is 4.32. The lowest BCUT2D eigenvalue weighted by atomic mass is 9.96. The number of rotatable bonds is 0. The zero-order valence-corrected chi connectivity index (χ0v) is 13.2. The van der Waals surface area contributed by atoms with Crippen molar-refractivity contribution in [1.82, 2.24) is 4.40 Å². The van der Waals surface area contributed by atoms with E-state index in [2.05, 4.69) is 89.9 Å². The van der Waals surface area contributed by atoms with Crippen LogP contribution >= 0.6 is 0 Å². The molecule has 0 atom stereocenters. The number of nitrogens with zero attached hydrogens (tertiary/aromatic N) is 2. The minimum Gasteiger partial charge on any atom is -0.232 e. The molecule has 110 valence electrons. The Morgan fingerprint density at radius 3 is 2.48 bits per heavy atom. The Morgan fingerprint density at radius 1 is 0.870 bits per heavy atom. The van der Waals surface area contributed by atoms with Crippen LogP contribution in [-0.2, 0) is 7.05 Å². The second-order valence-electron chi connectivity index (χ2n) is 6.27. The number of hydrogen-bond donors (Lipinski definition) is 0. The summed E-state index contributed by atoms with van der Waals surface area (Å²) in [5.41, 5.74) is 3.86. The quantitative estimate of drug-likeness (QED) is 0.225. The fourth-order valence-corrected chi connectivity index (χ4v) is 3.91. The lowest BCUT2D eigenvalue weighted by molar-refractivity contribution is -0.643. The van der Waals surface area contributed by atoms with E-state index in [4.69, 9.17) is 0 Å². The maximum atomic E-state index is 2.34. The first kappa shape index (κ1) is 12.7. The summed E-state index contributed by atoms with van der Waals surface area (Å²) in [4.78, 5) is 0. The smallest absolute Gasteiger partial charge is 0.232 e. The van der Waals surface area contributed by atoms with Gasteiger partial charge < -0.3 is 0 Å². The number of para-hydroxylation sites is 1. The molecule has 2 aromatic heterocycles. The van der Waals surface area contributed by atoms with Gasteiger partial charge in [-0.1, -0.05) is 42.5 Å². The molecular formula is C21H17N2+. The summed E-state index contributed by atoms with van der Waals surface area (Å²) >= 11 is 0. The first-order valence-corrected chi connectivity index (χ1v) is 7.95. The fourth-order valence-electron chi connectivity index (χ4n) is 3.91. The Bertz CT molecular complexity index is 1230. The van der Waals surface area contributed by atoms with Gasteiger partial charge in [0.2, 0.25) is 0 Å². The van der Waals surface area contributed by atoms with Crippen LogP contribution < -0.4 is 4.57 Å². The van der Waals surface area contributed by atoms with Crippen LogP contribution in [-0.4, -0.2) is 4.40 Å². The molecule has 0 N–H and O–H groups in total. The average molecular weight is 297 g/mol. The van der Waals surface area contributed by atoms with E-state index in [0.717, 1.165) is 0 Å². The van der Waals surface area contributed by atoms with E-state index < -0.39 is 0 Å². The molecule has 23 heavy (non-hydrogen) atoms. The summed E-state index contributed by atoms with van der Waals surface area (Å²) in [6.45, 7) is 2.24. The van der Waals surface area contributed by atoms with Crippen molar-refractivity contribution in [3.63, 3.8) is 0 Å². The van der Waals surface area contributed by atoms with Crippen molar-refractivity contribution >= 4 is 38.1 Å². The highest BCUT2D eigenvalue weighted by atomic mass is 15.1. The maximum absolute atomic E-state index is 2.34. The number of aromatic nitrogens is 2. The predicted molar refractivity (Wildman–Crippen MR) is 95.8 cm³/mol. The van der Waals surface area contributed by atoms with Gasteiger partial charge >= 0.3 is 0 Å². The topological polar surface area (TPSA) is 8.29 Å². The summed E-state index contributed by atoms with van der Waals surface area (Å²) in [5.74, 6) is 0. The average Bonchev–Trinajstić information content (AvgIpc) is 2.97. The molecule has 0 fully saturated rings. The molecule has 3 aromatic carbocycles. The standard InChI is InChI=1S/C21H17N2/c1-14-16-8-4-3-7-15(16)13-18-17-9-5-6-10-19(17)23-12-11-22(2)21(23)20(14)18/h3-13H,1-2H3/q+1. The largest absolute Gasteiger partial charge is 0.294 e. The molecule has 5 aromatic rings. The van der Waals surface area contributed by atoms with Gasteiger partial charge in [0.05, 0.1) is 12.4 Å². The van der Waals surface area contributed by atoms with Crippen LogP contribution in [0.2, 0.25) is 0 Å². The van der Waals surface area contributed by atoms with Gasteiger partial charge in [-0.25, -0.2) is 4.57 Å². The Labute approximate surface area is 134 Å². The molecule has 0 saturated heterocycles. The van der Waals surface area contributed by atoms with E-state index in [1.165, 1.54) is 43.7 Å². The van der Waals surface area contributed by atoms with Crippen LogP contribution in [0.4, 0.5) is 0 Å². The third-order valence-corrected chi connectivity index (χ3v) is 4.99. The van der Waals surface area contributed by atoms with Crippen molar-refractivity contribution in [2.75, 3.05) is 0 Å². The molecule has 2 heterocycles. The molecule has 0 bridgehead atoms. The third-order valence-electron chi connectivity index (χ3n) is 4.99. The molecule has 0 aliphatic heterocycles. The van der Waals surface area contributed by atoms with Gasteiger partial charge in [-0.05, 0) is 35.4 Å².